The van der Waals surface area contributed by atoms with E-state index in [1.807, 2.05) is 13.8 Å². The number of aliphatic hydroxyl groups is 1. The Bertz CT molecular complexity index is 501. The number of carbonyl (C=O) groups excluding carboxylic acids is 2. The fourth-order valence-corrected chi connectivity index (χ4v) is 2.28. The van der Waals surface area contributed by atoms with E-state index >= 15 is 0 Å². The lowest BCUT2D eigenvalue weighted by Gasteiger charge is -2.24. The predicted octanol–water partition coefficient (Wildman–Crippen LogP) is 1.88. The Labute approximate surface area is 136 Å². The Balaban J connectivity index is 2.99. The van der Waals surface area contributed by atoms with Gasteiger partial charge in [0.2, 0.25) is 0 Å². The van der Waals surface area contributed by atoms with Crippen molar-refractivity contribution in [3.63, 3.8) is 0 Å². The summed E-state index contributed by atoms with van der Waals surface area (Å²) in [5.41, 5.74) is 0.733. The molecule has 7 nitrogen and oxygen atoms in total. The van der Waals surface area contributed by atoms with Gasteiger partial charge in [0.25, 0.3) is 0 Å². The molecule has 0 aliphatic carbocycles. The monoisotopic (exact) mass is 324 g/mol. The van der Waals surface area contributed by atoms with Gasteiger partial charge in [-0.2, -0.15) is 0 Å². The van der Waals surface area contributed by atoms with E-state index in [0.717, 1.165) is 5.57 Å². The number of carbonyl (C=O) groups is 2. The molecule has 0 spiro atoms. The number of hydrogen-bond acceptors (Lipinski definition) is 5. The van der Waals surface area contributed by atoms with E-state index in [0.29, 0.717) is 12.8 Å². The molecule has 128 valence electrons. The van der Waals surface area contributed by atoms with E-state index in [2.05, 4.69) is 16.4 Å². The molecule has 0 radical (unpaired) electrons. The van der Waals surface area contributed by atoms with E-state index in [-0.39, 0.29) is 18.6 Å². The van der Waals surface area contributed by atoms with Crippen LogP contribution in [0.15, 0.2) is 28.9 Å². The summed E-state index contributed by atoms with van der Waals surface area (Å²) in [7, 11) is 1.29. The van der Waals surface area contributed by atoms with Crippen LogP contribution in [0, 0.1) is 5.92 Å². The Kier molecular flexibility index (Phi) is 7.64. The van der Waals surface area contributed by atoms with Gasteiger partial charge in [0.15, 0.2) is 0 Å². The maximum atomic E-state index is 12.0. The fraction of sp³-hybridized carbons (Fsp3) is 0.562. The summed E-state index contributed by atoms with van der Waals surface area (Å²) in [4.78, 5) is 28.0. The number of aliphatic imine (C=N–C) groups is 1. The van der Waals surface area contributed by atoms with Crippen molar-refractivity contribution in [3.8, 4) is 0 Å². The molecule has 1 aliphatic rings. The zero-order valence-electron chi connectivity index (χ0n) is 13.8. The molecule has 1 N–H and O–H groups in total. The first-order valence-corrected chi connectivity index (χ1v) is 7.48. The van der Waals surface area contributed by atoms with Crippen molar-refractivity contribution in [2.75, 3.05) is 13.7 Å². The highest BCUT2D eigenvalue weighted by Gasteiger charge is 2.36. The lowest BCUT2D eigenvalue weighted by atomic mass is 10.0. The summed E-state index contributed by atoms with van der Waals surface area (Å²) in [5, 5.41) is 9.29. The second-order valence-electron chi connectivity index (χ2n) is 5.29. The van der Waals surface area contributed by atoms with Crippen LogP contribution in [-0.2, 0) is 14.3 Å². The van der Waals surface area contributed by atoms with Gasteiger partial charge in [-0.3, -0.25) is 4.90 Å². The van der Waals surface area contributed by atoms with E-state index < -0.39 is 18.2 Å². The van der Waals surface area contributed by atoms with Crippen molar-refractivity contribution < 1.29 is 24.2 Å². The molecule has 1 rings (SSSR count). The first-order valence-electron chi connectivity index (χ1n) is 7.48. The number of methoxy groups -OCH3 is 1. The van der Waals surface area contributed by atoms with Crippen LogP contribution in [0.2, 0.25) is 0 Å². The Hall–Kier alpha value is -1.99. The molecule has 0 bridgehead atoms. The molecular formula is C16H24N2O5. The average molecular weight is 324 g/mol. The summed E-state index contributed by atoms with van der Waals surface area (Å²) in [6, 6.07) is -0.543. The number of urea groups is 1. The van der Waals surface area contributed by atoms with Crippen LogP contribution in [0.5, 0.6) is 0 Å². The quantitative estimate of drug-likeness (QED) is 0.349. The van der Waals surface area contributed by atoms with Crippen molar-refractivity contribution in [3.05, 3.63) is 23.9 Å². The van der Waals surface area contributed by atoms with Gasteiger partial charge in [0.05, 0.1) is 19.8 Å². The molecule has 2 amide bonds. The number of hydrogen-bond donors (Lipinski definition) is 1. The number of allylic oxidation sites excluding steroid dienone is 2. The van der Waals surface area contributed by atoms with Crippen LogP contribution >= 0.6 is 0 Å². The highest BCUT2D eigenvalue weighted by molar-refractivity contribution is 5.82. The molecule has 7 heteroatoms. The van der Waals surface area contributed by atoms with Crippen LogP contribution in [0.1, 0.15) is 26.7 Å². The lowest BCUT2D eigenvalue weighted by molar-refractivity contribution is -0.134. The minimum atomic E-state index is -0.543. The Morgan fingerprint density at radius 3 is 2.65 bits per heavy atom. The number of aliphatic hydroxyl groups excluding tert-OH is 1. The summed E-state index contributed by atoms with van der Waals surface area (Å²) < 4.78 is 10.3. The van der Waals surface area contributed by atoms with Crippen LogP contribution in [-0.4, -0.2) is 54.8 Å². The third kappa shape index (κ3) is 5.30. The van der Waals surface area contributed by atoms with Gasteiger partial charge in [-0.1, -0.05) is 19.9 Å². The second-order valence-corrected chi connectivity index (χ2v) is 5.29. The molecule has 3 unspecified atom stereocenters. The average Bonchev–Trinajstić information content (AvgIpc) is 2.94. The first-order chi connectivity index (χ1) is 11.0. The molecule has 0 aromatic heterocycles. The number of ether oxygens (including phenoxy) is 2. The predicted molar refractivity (Wildman–Crippen MR) is 85.8 cm³/mol. The highest BCUT2D eigenvalue weighted by Crippen LogP contribution is 2.29. The normalized spacial score (nSPS) is 24.7. The molecule has 0 aromatic rings. The van der Waals surface area contributed by atoms with Gasteiger partial charge in [-0.05, 0) is 31.1 Å². The Morgan fingerprint density at radius 1 is 1.48 bits per heavy atom. The topological polar surface area (TPSA) is 88.4 Å². The Morgan fingerprint density at radius 2 is 2.17 bits per heavy atom. The lowest BCUT2D eigenvalue weighted by Crippen LogP contribution is -2.35. The van der Waals surface area contributed by atoms with Crippen LogP contribution < -0.4 is 0 Å². The van der Waals surface area contributed by atoms with E-state index in [9.17, 15) is 14.7 Å². The molecule has 1 aliphatic heterocycles. The van der Waals surface area contributed by atoms with Crippen molar-refractivity contribution >= 4 is 18.7 Å². The minimum absolute atomic E-state index is 0.103. The van der Waals surface area contributed by atoms with Crippen LogP contribution in [0.4, 0.5) is 4.79 Å². The van der Waals surface area contributed by atoms with Gasteiger partial charge in [-0.15, -0.1) is 0 Å². The van der Waals surface area contributed by atoms with Gasteiger partial charge in [0.1, 0.15) is 6.23 Å². The van der Waals surface area contributed by atoms with E-state index in [1.54, 1.807) is 12.3 Å². The maximum absolute atomic E-state index is 12.0. The molecular weight excluding hydrogens is 300 g/mol. The molecule has 3 atom stereocenters. The summed E-state index contributed by atoms with van der Waals surface area (Å²) in [6.07, 6.45) is 4.80. The van der Waals surface area contributed by atoms with Gasteiger partial charge in [0, 0.05) is 12.3 Å². The van der Waals surface area contributed by atoms with E-state index in [4.69, 9.17) is 4.74 Å². The molecule has 0 saturated carbocycles. The molecule has 1 heterocycles. The summed E-state index contributed by atoms with van der Waals surface area (Å²) in [5.74, 6) is -0.357. The second kappa shape index (κ2) is 9.22. The third-order valence-electron chi connectivity index (χ3n) is 3.73. The number of rotatable bonds is 6. The van der Waals surface area contributed by atoms with Crippen molar-refractivity contribution in [2.45, 2.75) is 39.0 Å². The summed E-state index contributed by atoms with van der Waals surface area (Å²) >= 11 is 0. The third-order valence-corrected chi connectivity index (χ3v) is 3.73. The molecule has 1 fully saturated rings. The van der Waals surface area contributed by atoms with Crippen molar-refractivity contribution in [1.29, 1.82) is 0 Å². The molecule has 23 heavy (non-hydrogen) atoms. The standard InChI is InChI=1S/C16H24N2O5/c1-5-12(6-7-15(20)22-4)9-18(16(21)17-3)14-8-11(2)13(10-19)23-14/h6-7,9,11,13-14,19H,3,5,8,10H2,1-2,4H3/b7-6+,12-9+. The van der Waals surface area contributed by atoms with Gasteiger partial charge >= 0.3 is 12.0 Å². The van der Waals surface area contributed by atoms with Gasteiger partial charge in [-0.25, -0.2) is 14.6 Å². The van der Waals surface area contributed by atoms with Crippen molar-refractivity contribution in [2.24, 2.45) is 10.9 Å². The number of amides is 2. The van der Waals surface area contributed by atoms with Crippen LogP contribution in [0.3, 0.4) is 0 Å². The molecule has 0 aromatic carbocycles. The minimum Gasteiger partial charge on any atom is -0.466 e. The van der Waals surface area contributed by atoms with E-state index in [1.165, 1.54) is 18.1 Å². The highest BCUT2D eigenvalue weighted by atomic mass is 16.5. The largest absolute Gasteiger partial charge is 0.466 e. The van der Waals surface area contributed by atoms with Crippen molar-refractivity contribution in [1.82, 2.24) is 4.90 Å². The zero-order chi connectivity index (χ0) is 17.4. The van der Waals surface area contributed by atoms with Crippen LogP contribution in [0.25, 0.3) is 0 Å². The number of nitrogens with zero attached hydrogens (tertiary/aromatic N) is 2. The SMILES string of the molecule is C=NC(=O)N(/C=C(/C=C/C(=O)OC)CC)C1CC(C)C(CO)O1. The fourth-order valence-electron chi connectivity index (χ4n) is 2.28. The summed E-state index contributed by atoms with van der Waals surface area (Å²) in [6.45, 7) is 7.01. The first kappa shape index (κ1) is 19.1. The van der Waals surface area contributed by atoms with Gasteiger partial charge < -0.3 is 14.6 Å². The number of esters is 1. The zero-order valence-corrected chi connectivity index (χ0v) is 13.8. The smallest absolute Gasteiger partial charge is 0.349 e. The molecule has 1 saturated heterocycles. The maximum Gasteiger partial charge on any atom is 0.349 e.